The van der Waals surface area contributed by atoms with E-state index in [1.165, 1.54) is 137 Å². The number of hydrogen-bond donors (Lipinski definition) is 0. The molecule has 10 rings (SSSR count). The number of para-hydroxylation sites is 2. The fourth-order valence-electron chi connectivity index (χ4n) is 11.0. The second kappa shape index (κ2) is 15.7. The molecule has 0 atom stereocenters. The Morgan fingerprint density at radius 3 is 1.41 bits per heavy atom. The maximum atomic E-state index is 2.44. The Balaban J connectivity index is 0.985. The normalized spacial score (nSPS) is 16.8. The number of benzene rings is 7. The monoisotopic (exact) mass is 768 g/mol. The van der Waals surface area contributed by atoms with Gasteiger partial charge in [0.25, 0.3) is 0 Å². The molecule has 0 N–H and O–H groups in total. The van der Waals surface area contributed by atoms with Gasteiger partial charge in [-0.2, -0.15) is 0 Å². The highest BCUT2D eigenvalue weighted by molar-refractivity contribution is 5.85. The van der Waals surface area contributed by atoms with E-state index in [1.807, 2.05) is 0 Å². The predicted octanol–water partition coefficient (Wildman–Crippen LogP) is 16.2. The molecule has 0 aliphatic heterocycles. The molecule has 3 aliphatic carbocycles. The van der Waals surface area contributed by atoms with Crippen LogP contribution in [0.15, 0.2) is 176 Å². The third-order valence-corrected chi connectivity index (χ3v) is 14.1. The fourth-order valence-corrected chi connectivity index (χ4v) is 11.0. The molecule has 3 aliphatic rings. The van der Waals surface area contributed by atoms with Gasteiger partial charge in [0.05, 0.1) is 0 Å². The Morgan fingerprint density at radius 2 is 0.831 bits per heavy atom. The van der Waals surface area contributed by atoms with Crippen LogP contribution in [-0.4, -0.2) is 0 Å². The third kappa shape index (κ3) is 6.87. The highest BCUT2D eigenvalue weighted by Gasteiger charge is 2.37. The van der Waals surface area contributed by atoms with E-state index >= 15 is 0 Å². The molecule has 0 spiro atoms. The summed E-state index contributed by atoms with van der Waals surface area (Å²) in [5.74, 6) is 0.703. The number of anilines is 6. The van der Waals surface area contributed by atoms with Crippen LogP contribution < -0.4 is 9.80 Å². The van der Waals surface area contributed by atoms with Gasteiger partial charge in [-0.05, 0) is 143 Å². The van der Waals surface area contributed by atoms with Gasteiger partial charge >= 0.3 is 0 Å². The van der Waals surface area contributed by atoms with E-state index in [2.05, 4.69) is 200 Å². The van der Waals surface area contributed by atoms with Crippen molar-refractivity contribution in [3.05, 3.63) is 204 Å². The van der Waals surface area contributed by atoms with Crippen molar-refractivity contribution < 1.29 is 0 Å². The molecule has 0 aromatic heterocycles. The minimum Gasteiger partial charge on any atom is -0.311 e. The Labute approximate surface area is 352 Å². The molecular formula is C57H56N2. The molecule has 0 heterocycles. The standard InChI is InChI=1S/C57H56N2/c1-56(2)54-24-14-13-23-52(54)53-38-37-51(41-55(53)56)59(47-21-11-5-12-22-47)50-35-29-45(30-36-50)57(39-15-6-16-40-57)44-27-33-49(34-28-44)58(46-19-9-4-10-20-46)48-31-25-43(26-32-48)42-17-7-3-8-18-42/h4-5,9-14,19-38,41-42H,3,6-8,15-18,39-40H2,1-2H3. The molecule has 0 bridgehead atoms. The van der Waals surface area contributed by atoms with Crippen LogP contribution in [-0.2, 0) is 10.8 Å². The molecular weight excluding hydrogens is 713 g/mol. The molecule has 2 heteroatoms. The summed E-state index contributed by atoms with van der Waals surface area (Å²) in [6.45, 7) is 4.74. The largest absolute Gasteiger partial charge is 0.311 e. The molecule has 59 heavy (non-hydrogen) atoms. The molecule has 2 saturated carbocycles. The molecule has 0 saturated heterocycles. The predicted molar refractivity (Wildman–Crippen MR) is 250 cm³/mol. The van der Waals surface area contributed by atoms with Gasteiger partial charge in [-0.1, -0.05) is 156 Å². The Morgan fingerprint density at radius 1 is 0.390 bits per heavy atom. The highest BCUT2D eigenvalue weighted by Crippen LogP contribution is 2.51. The average Bonchev–Trinajstić information content (AvgIpc) is 3.53. The summed E-state index contributed by atoms with van der Waals surface area (Å²) in [6.07, 6.45) is 12.9. The van der Waals surface area contributed by atoms with Gasteiger partial charge in [0.2, 0.25) is 0 Å². The summed E-state index contributed by atoms with van der Waals surface area (Å²) in [6, 6.07) is 66.4. The van der Waals surface area contributed by atoms with Crippen LogP contribution in [0.4, 0.5) is 34.1 Å². The van der Waals surface area contributed by atoms with E-state index in [0.29, 0.717) is 5.92 Å². The van der Waals surface area contributed by atoms with Gasteiger partial charge in [-0.25, -0.2) is 0 Å². The quantitative estimate of drug-likeness (QED) is 0.144. The van der Waals surface area contributed by atoms with Crippen LogP contribution in [0, 0.1) is 0 Å². The summed E-state index contributed by atoms with van der Waals surface area (Å²) in [5, 5.41) is 0. The summed E-state index contributed by atoms with van der Waals surface area (Å²) >= 11 is 0. The number of fused-ring (bicyclic) bond motifs is 3. The Bertz CT molecular complexity index is 2500. The number of rotatable bonds is 9. The van der Waals surface area contributed by atoms with Crippen LogP contribution in [0.25, 0.3) is 11.1 Å². The first-order valence-corrected chi connectivity index (χ1v) is 22.3. The van der Waals surface area contributed by atoms with Gasteiger partial charge in [-0.15, -0.1) is 0 Å². The molecule has 0 unspecified atom stereocenters. The van der Waals surface area contributed by atoms with E-state index in [9.17, 15) is 0 Å². The molecule has 0 radical (unpaired) electrons. The van der Waals surface area contributed by atoms with Gasteiger partial charge in [0, 0.05) is 45.0 Å². The van der Waals surface area contributed by atoms with Crippen LogP contribution in [0.1, 0.15) is 112 Å². The minimum absolute atomic E-state index is 0.0184. The first kappa shape index (κ1) is 37.4. The lowest BCUT2D eigenvalue weighted by atomic mass is 9.65. The first-order chi connectivity index (χ1) is 29.0. The molecule has 7 aromatic rings. The van der Waals surface area contributed by atoms with E-state index < -0.39 is 0 Å². The lowest BCUT2D eigenvalue weighted by molar-refractivity contribution is 0.346. The van der Waals surface area contributed by atoms with E-state index in [-0.39, 0.29) is 10.8 Å². The van der Waals surface area contributed by atoms with Gasteiger partial charge in [0.15, 0.2) is 0 Å². The molecule has 7 aromatic carbocycles. The zero-order valence-corrected chi connectivity index (χ0v) is 34.8. The molecule has 294 valence electrons. The smallest absolute Gasteiger partial charge is 0.0465 e. The lowest BCUT2D eigenvalue weighted by Crippen LogP contribution is -2.30. The first-order valence-electron chi connectivity index (χ1n) is 22.3. The molecule has 2 nitrogen and oxygen atoms in total. The number of nitrogens with zero attached hydrogens (tertiary/aromatic N) is 2. The fraction of sp³-hybridized carbons (Fsp3) is 0.263. The van der Waals surface area contributed by atoms with Crippen molar-refractivity contribution in [2.24, 2.45) is 0 Å². The van der Waals surface area contributed by atoms with Crippen molar-refractivity contribution >= 4 is 34.1 Å². The molecule has 0 amide bonds. The van der Waals surface area contributed by atoms with Gasteiger partial charge in [-0.3, -0.25) is 0 Å². The summed E-state index contributed by atoms with van der Waals surface area (Å²) in [7, 11) is 0. The van der Waals surface area contributed by atoms with Crippen LogP contribution in [0.2, 0.25) is 0 Å². The van der Waals surface area contributed by atoms with Crippen LogP contribution in [0.3, 0.4) is 0 Å². The van der Waals surface area contributed by atoms with Crippen molar-refractivity contribution in [2.45, 2.75) is 94.8 Å². The second-order valence-electron chi connectivity index (χ2n) is 17.9. The average molecular weight is 769 g/mol. The zero-order valence-electron chi connectivity index (χ0n) is 34.8. The second-order valence-corrected chi connectivity index (χ2v) is 17.9. The highest BCUT2D eigenvalue weighted by atomic mass is 15.1. The lowest BCUT2D eigenvalue weighted by Gasteiger charge is -2.39. The Kier molecular flexibility index (Phi) is 9.97. The van der Waals surface area contributed by atoms with Gasteiger partial charge in [0.1, 0.15) is 0 Å². The van der Waals surface area contributed by atoms with E-state index in [1.54, 1.807) is 0 Å². The Hall–Kier alpha value is -5.86. The van der Waals surface area contributed by atoms with E-state index in [0.717, 1.165) is 0 Å². The van der Waals surface area contributed by atoms with Crippen molar-refractivity contribution in [3.8, 4) is 11.1 Å². The van der Waals surface area contributed by atoms with Crippen molar-refractivity contribution in [2.75, 3.05) is 9.80 Å². The van der Waals surface area contributed by atoms with Crippen molar-refractivity contribution in [3.63, 3.8) is 0 Å². The SMILES string of the molecule is CC1(C)c2ccccc2-c2ccc(N(c3ccccc3)c3ccc(C4(c5ccc(N(c6ccccc6)c6ccc(C7CCCCC7)cc6)cc5)CCCCC4)cc3)cc21. The van der Waals surface area contributed by atoms with Crippen LogP contribution in [0.5, 0.6) is 0 Å². The summed E-state index contributed by atoms with van der Waals surface area (Å²) in [5.41, 5.74) is 16.9. The van der Waals surface area contributed by atoms with Crippen molar-refractivity contribution in [1.82, 2.24) is 0 Å². The van der Waals surface area contributed by atoms with Crippen LogP contribution >= 0.6 is 0 Å². The van der Waals surface area contributed by atoms with Crippen molar-refractivity contribution in [1.29, 1.82) is 0 Å². The summed E-state index contributed by atoms with van der Waals surface area (Å²) < 4.78 is 0. The summed E-state index contributed by atoms with van der Waals surface area (Å²) in [4.78, 5) is 4.86. The zero-order chi connectivity index (χ0) is 39.8. The topological polar surface area (TPSA) is 6.48 Å². The minimum atomic E-state index is -0.0612. The molecule has 2 fully saturated rings. The van der Waals surface area contributed by atoms with Gasteiger partial charge < -0.3 is 9.80 Å². The third-order valence-electron chi connectivity index (χ3n) is 14.1. The maximum Gasteiger partial charge on any atom is 0.0465 e. The number of hydrogen-bond acceptors (Lipinski definition) is 2. The van der Waals surface area contributed by atoms with E-state index in [4.69, 9.17) is 0 Å². The maximum absolute atomic E-state index is 2.44.